The van der Waals surface area contributed by atoms with Crippen LogP contribution >= 0.6 is 11.8 Å². The Kier molecular flexibility index (Phi) is 9.96. The molecule has 2 aromatic carbocycles. The van der Waals surface area contributed by atoms with Crippen molar-refractivity contribution < 1.29 is 42.2 Å². The summed E-state index contributed by atoms with van der Waals surface area (Å²) in [4.78, 5) is 49.1. The maximum atomic E-state index is 13.7. The summed E-state index contributed by atoms with van der Waals surface area (Å²) in [7, 11) is -3.11. The first kappa shape index (κ1) is 32.5. The van der Waals surface area contributed by atoms with E-state index in [0.717, 1.165) is 5.56 Å². The first-order valence-corrected chi connectivity index (χ1v) is 15.1. The summed E-state index contributed by atoms with van der Waals surface area (Å²) in [6.45, 7) is 7.90. The van der Waals surface area contributed by atoms with Crippen LogP contribution in [0.2, 0.25) is 0 Å². The summed E-state index contributed by atoms with van der Waals surface area (Å²) in [5, 5.41) is 10.9. The molecule has 42 heavy (non-hydrogen) atoms. The number of carboxylic acid groups (broad SMARTS) is 1. The van der Waals surface area contributed by atoms with Gasteiger partial charge in [0.25, 0.3) is 11.1 Å². The molecule has 0 saturated carbocycles. The van der Waals surface area contributed by atoms with Crippen molar-refractivity contribution in [2.24, 2.45) is 5.41 Å². The molecule has 0 radical (unpaired) electrons. The summed E-state index contributed by atoms with van der Waals surface area (Å²) >= 11 is 0.176. The molecule has 0 spiro atoms. The van der Waals surface area contributed by atoms with Crippen molar-refractivity contribution in [3.05, 3.63) is 53.6 Å². The van der Waals surface area contributed by atoms with Gasteiger partial charge in [-0.3, -0.25) is 14.9 Å². The van der Waals surface area contributed by atoms with E-state index in [1.54, 1.807) is 18.2 Å². The zero-order chi connectivity index (χ0) is 31.3. The van der Waals surface area contributed by atoms with Crippen LogP contribution in [0.25, 0.3) is 0 Å². The predicted octanol–water partition coefficient (Wildman–Crippen LogP) is 5.66. The van der Waals surface area contributed by atoms with Gasteiger partial charge in [0.15, 0.2) is 0 Å². The number of ether oxygens (including phenoxy) is 2. The number of carbonyl (C=O) groups excluding carboxylic acids is 3. The van der Waals surface area contributed by atoms with Crippen molar-refractivity contribution in [2.45, 2.75) is 55.9 Å². The molecule has 0 aliphatic carbocycles. The Balaban J connectivity index is 1.79. The average Bonchev–Trinajstić information content (AvgIpc) is 3.19. The normalized spacial score (nSPS) is 16.9. The second-order valence-electron chi connectivity index (χ2n) is 10.7. The van der Waals surface area contributed by atoms with Crippen LogP contribution in [0, 0.1) is 24.2 Å². The fraction of sp³-hybridized carbons (Fsp3) is 0.379. The quantitative estimate of drug-likeness (QED) is 0.280. The Bertz CT molecular complexity index is 1550. The third-order valence-electron chi connectivity index (χ3n) is 6.11. The molecule has 0 bridgehead atoms. The van der Waals surface area contributed by atoms with Crippen LogP contribution in [0.3, 0.4) is 0 Å². The number of aryl methyl sites for hydroxylation is 1. The lowest BCUT2D eigenvalue weighted by molar-refractivity contribution is -0.126. The van der Waals surface area contributed by atoms with E-state index in [0.29, 0.717) is 17.0 Å². The molecular weight excluding hydrogens is 584 g/mol. The van der Waals surface area contributed by atoms with Crippen LogP contribution in [-0.2, 0) is 19.4 Å². The molecule has 1 atom stereocenters. The number of nitrogens with zero attached hydrogens (tertiary/aromatic N) is 1. The molecule has 1 saturated heterocycles. The molecule has 1 fully saturated rings. The van der Waals surface area contributed by atoms with E-state index in [2.05, 4.69) is 17.2 Å². The maximum absolute atomic E-state index is 13.7. The predicted molar refractivity (Wildman–Crippen MR) is 157 cm³/mol. The van der Waals surface area contributed by atoms with E-state index >= 15 is 0 Å². The monoisotopic (exact) mass is 616 g/mol. The van der Waals surface area contributed by atoms with Crippen molar-refractivity contribution >= 4 is 50.6 Å². The van der Waals surface area contributed by atoms with Crippen LogP contribution in [0.5, 0.6) is 5.75 Å². The van der Waals surface area contributed by atoms with Gasteiger partial charge in [0.2, 0.25) is 13.9 Å². The summed E-state index contributed by atoms with van der Waals surface area (Å²) in [6, 6.07) is 10.4. The SMILES string of the molecule is COc1ccc(S(=O)(=O)C2(CCCC#Cc3cc(NC(=O)OCC(C)(C)C)ccc3C)SC(=O)N(C(=O)O)C2=O)cc1. The van der Waals surface area contributed by atoms with E-state index in [9.17, 15) is 32.7 Å². The molecule has 0 aromatic heterocycles. The third-order valence-corrected chi connectivity index (χ3v) is 10.2. The van der Waals surface area contributed by atoms with E-state index in [1.165, 1.54) is 31.4 Å². The molecular formula is C29H32N2O9S2. The summed E-state index contributed by atoms with van der Waals surface area (Å²) < 4.78 is 35.3. The van der Waals surface area contributed by atoms with Gasteiger partial charge in [-0.1, -0.05) is 38.7 Å². The first-order valence-electron chi connectivity index (χ1n) is 12.8. The number of anilines is 1. The van der Waals surface area contributed by atoms with Crippen LogP contribution in [0.1, 0.15) is 51.2 Å². The highest BCUT2D eigenvalue weighted by Gasteiger charge is 2.63. The minimum Gasteiger partial charge on any atom is -0.497 e. The van der Waals surface area contributed by atoms with Gasteiger partial charge in [-0.15, -0.1) is 0 Å². The number of thioether (sulfide) groups is 1. The van der Waals surface area contributed by atoms with Gasteiger partial charge in [0.1, 0.15) is 5.75 Å². The highest BCUT2D eigenvalue weighted by molar-refractivity contribution is 8.25. The number of hydrogen-bond donors (Lipinski definition) is 2. The number of amides is 4. The fourth-order valence-electron chi connectivity index (χ4n) is 3.89. The van der Waals surface area contributed by atoms with Gasteiger partial charge < -0.3 is 14.6 Å². The van der Waals surface area contributed by atoms with Crippen molar-refractivity contribution in [2.75, 3.05) is 19.0 Å². The second-order valence-corrected chi connectivity index (χ2v) is 14.4. The van der Waals surface area contributed by atoms with Gasteiger partial charge in [-0.2, -0.15) is 4.90 Å². The molecule has 3 rings (SSSR count). The molecule has 4 amide bonds. The highest BCUT2D eigenvalue weighted by atomic mass is 32.3. The number of imide groups is 3. The number of rotatable bonds is 8. The molecule has 13 heteroatoms. The number of unbranched alkanes of at least 4 members (excludes halogenated alkanes) is 1. The van der Waals surface area contributed by atoms with E-state index < -0.39 is 37.2 Å². The Labute approximate surface area is 248 Å². The molecule has 11 nitrogen and oxygen atoms in total. The second kappa shape index (κ2) is 12.9. The number of methoxy groups -OCH3 is 1. The minimum absolute atomic E-state index is 0.0637. The van der Waals surface area contributed by atoms with Crippen LogP contribution in [0.4, 0.5) is 20.1 Å². The van der Waals surface area contributed by atoms with E-state index in [4.69, 9.17) is 9.47 Å². The molecule has 1 heterocycles. The summed E-state index contributed by atoms with van der Waals surface area (Å²) in [6.07, 6.45) is -2.59. The zero-order valence-electron chi connectivity index (χ0n) is 23.8. The van der Waals surface area contributed by atoms with Crippen LogP contribution < -0.4 is 10.1 Å². The molecule has 2 N–H and O–H groups in total. The molecule has 1 aliphatic rings. The van der Waals surface area contributed by atoms with Gasteiger partial charge >= 0.3 is 12.2 Å². The van der Waals surface area contributed by atoms with Crippen molar-refractivity contribution in [3.8, 4) is 17.6 Å². The van der Waals surface area contributed by atoms with Crippen molar-refractivity contribution in [3.63, 3.8) is 0 Å². The maximum Gasteiger partial charge on any atom is 0.421 e. The van der Waals surface area contributed by atoms with E-state index in [-0.39, 0.29) is 52.8 Å². The molecule has 1 unspecified atom stereocenters. The minimum atomic E-state index is -4.52. The van der Waals surface area contributed by atoms with Gasteiger partial charge in [0, 0.05) is 17.7 Å². The fourth-order valence-corrected chi connectivity index (χ4v) is 7.40. The molecule has 1 aliphatic heterocycles. The van der Waals surface area contributed by atoms with Gasteiger partial charge in [-0.25, -0.2) is 18.0 Å². The third kappa shape index (κ3) is 7.24. The Morgan fingerprint density at radius 3 is 2.36 bits per heavy atom. The lowest BCUT2D eigenvalue weighted by Crippen LogP contribution is -2.47. The summed E-state index contributed by atoms with van der Waals surface area (Å²) in [5.74, 6) is 4.96. The first-order chi connectivity index (χ1) is 19.6. The lowest BCUT2D eigenvalue weighted by Gasteiger charge is -2.24. The molecule has 2 aromatic rings. The number of nitrogens with one attached hydrogen (secondary N) is 1. The van der Waals surface area contributed by atoms with Crippen LogP contribution in [0.15, 0.2) is 47.4 Å². The molecule has 224 valence electrons. The number of carbonyl (C=O) groups is 4. The Morgan fingerprint density at radius 2 is 1.79 bits per heavy atom. The van der Waals surface area contributed by atoms with Crippen molar-refractivity contribution in [1.29, 1.82) is 0 Å². The number of benzene rings is 2. The van der Waals surface area contributed by atoms with Crippen LogP contribution in [-0.4, -0.2) is 59.6 Å². The smallest absolute Gasteiger partial charge is 0.421 e. The topological polar surface area (TPSA) is 156 Å². The Morgan fingerprint density at radius 1 is 1.12 bits per heavy atom. The van der Waals surface area contributed by atoms with Crippen molar-refractivity contribution in [1.82, 2.24) is 4.90 Å². The average molecular weight is 617 g/mol. The standard InChI is InChI=1S/C29H32N2O9S2/c1-19-10-11-21(30-25(33)40-18-28(2,3)4)17-20(19)9-7-6-8-16-29(24(32)31(26(34)35)27(36)41-29)42(37,38)23-14-12-22(39-5)13-15-23/h10-15,17H,6,8,16,18H2,1-5H3,(H,30,33)(H,34,35). The number of sulfone groups is 1. The van der Waals surface area contributed by atoms with E-state index in [1.807, 2.05) is 27.7 Å². The largest absolute Gasteiger partial charge is 0.497 e. The number of hydrogen-bond acceptors (Lipinski definition) is 9. The lowest BCUT2D eigenvalue weighted by atomic mass is 9.99. The Hall–Kier alpha value is -4.02. The summed E-state index contributed by atoms with van der Waals surface area (Å²) in [5.41, 5.74) is 1.74. The van der Waals surface area contributed by atoms with Gasteiger partial charge in [-0.05, 0) is 78.9 Å². The highest BCUT2D eigenvalue weighted by Crippen LogP contribution is 2.48. The zero-order valence-corrected chi connectivity index (χ0v) is 25.5. The van der Waals surface area contributed by atoms with Gasteiger partial charge in [0.05, 0.1) is 18.6 Å².